The van der Waals surface area contributed by atoms with E-state index in [4.69, 9.17) is 27.9 Å². The molecule has 1 N–H and O–H groups in total. The number of ether oxygens (including phenoxy) is 1. The molecule has 0 heterocycles. The molecule has 0 atom stereocenters. The van der Waals surface area contributed by atoms with Crippen molar-refractivity contribution in [3.8, 4) is 5.75 Å². The first-order chi connectivity index (χ1) is 9.97. The van der Waals surface area contributed by atoms with Crippen molar-refractivity contribution in [3.63, 3.8) is 0 Å². The number of nitrogens with one attached hydrogen (secondary N) is 1. The van der Waals surface area contributed by atoms with Crippen LogP contribution in [0, 0.1) is 0 Å². The van der Waals surface area contributed by atoms with Gasteiger partial charge in [-0.1, -0.05) is 35.3 Å². The quantitative estimate of drug-likeness (QED) is 0.619. The fraction of sp³-hybridized carbons (Fsp3) is 0.250. The van der Waals surface area contributed by atoms with Crippen molar-refractivity contribution >= 4 is 44.8 Å². The lowest BCUT2D eigenvalue weighted by Crippen LogP contribution is -2.06. The van der Waals surface area contributed by atoms with E-state index in [2.05, 4.69) is 21.2 Å². The molecule has 2 rings (SSSR count). The third kappa shape index (κ3) is 4.53. The Balaban J connectivity index is 2.08. The fourth-order valence-corrected chi connectivity index (χ4v) is 2.70. The number of hydrogen-bond donors (Lipinski definition) is 1. The number of hydrogen-bond acceptors (Lipinski definition) is 2. The highest BCUT2D eigenvalue weighted by molar-refractivity contribution is 9.10. The smallest absolute Gasteiger partial charge is 0.120 e. The van der Waals surface area contributed by atoms with Gasteiger partial charge in [-0.2, -0.15) is 0 Å². The van der Waals surface area contributed by atoms with Crippen LogP contribution in [0.2, 0.25) is 10.0 Å². The molecule has 0 saturated carbocycles. The highest BCUT2D eigenvalue weighted by atomic mass is 79.9. The van der Waals surface area contributed by atoms with E-state index in [0.717, 1.165) is 21.5 Å². The summed E-state index contributed by atoms with van der Waals surface area (Å²) in [7, 11) is 0. The van der Waals surface area contributed by atoms with Crippen LogP contribution in [0.1, 0.15) is 19.4 Å². The summed E-state index contributed by atoms with van der Waals surface area (Å²) in [6.45, 7) is 4.66. The summed E-state index contributed by atoms with van der Waals surface area (Å²) in [6, 6.07) is 11.7. The van der Waals surface area contributed by atoms with Crippen LogP contribution in [-0.4, -0.2) is 6.10 Å². The third-order valence-electron chi connectivity index (χ3n) is 2.79. The van der Waals surface area contributed by atoms with Gasteiger partial charge in [0.05, 0.1) is 21.8 Å². The second-order valence-corrected chi connectivity index (χ2v) is 6.50. The second kappa shape index (κ2) is 7.39. The zero-order valence-corrected chi connectivity index (χ0v) is 14.9. The van der Waals surface area contributed by atoms with Gasteiger partial charge in [-0.15, -0.1) is 0 Å². The summed E-state index contributed by atoms with van der Waals surface area (Å²) in [5.41, 5.74) is 1.92. The molecule has 0 saturated heterocycles. The number of benzene rings is 2. The van der Waals surface area contributed by atoms with Crippen LogP contribution >= 0.6 is 39.1 Å². The van der Waals surface area contributed by atoms with E-state index in [1.807, 2.05) is 50.2 Å². The average Bonchev–Trinajstić information content (AvgIpc) is 2.44. The van der Waals surface area contributed by atoms with Gasteiger partial charge in [-0.25, -0.2) is 0 Å². The molecule has 0 radical (unpaired) electrons. The molecule has 2 nitrogen and oxygen atoms in total. The maximum Gasteiger partial charge on any atom is 0.120 e. The zero-order valence-electron chi connectivity index (χ0n) is 11.8. The molecule has 0 bridgehead atoms. The van der Waals surface area contributed by atoms with Crippen molar-refractivity contribution in [1.29, 1.82) is 0 Å². The topological polar surface area (TPSA) is 21.3 Å². The van der Waals surface area contributed by atoms with Crippen molar-refractivity contribution in [2.24, 2.45) is 0 Å². The van der Waals surface area contributed by atoms with Crippen molar-refractivity contribution < 1.29 is 4.74 Å². The summed E-state index contributed by atoms with van der Waals surface area (Å²) >= 11 is 15.7. The molecule has 21 heavy (non-hydrogen) atoms. The van der Waals surface area contributed by atoms with Gasteiger partial charge < -0.3 is 10.1 Å². The normalized spacial score (nSPS) is 10.8. The van der Waals surface area contributed by atoms with Crippen LogP contribution < -0.4 is 10.1 Å². The van der Waals surface area contributed by atoms with E-state index in [9.17, 15) is 0 Å². The molecule has 0 unspecified atom stereocenters. The Hall–Kier alpha value is -0.900. The van der Waals surface area contributed by atoms with E-state index in [-0.39, 0.29) is 6.10 Å². The van der Waals surface area contributed by atoms with E-state index in [1.54, 1.807) is 0 Å². The van der Waals surface area contributed by atoms with E-state index in [1.165, 1.54) is 0 Å². The molecule has 0 aliphatic heterocycles. The third-order valence-corrected chi connectivity index (χ3v) is 4.56. The Bertz CT molecular complexity index is 632. The molecule has 0 aromatic heterocycles. The van der Waals surface area contributed by atoms with Crippen LogP contribution in [-0.2, 0) is 6.54 Å². The standard InChI is InChI=1S/C16H16BrCl2NO/c1-10(2)21-12-5-3-4-11(8-12)9-20-14-7-6-13(17)15(18)16(14)19/h3-8,10,20H,9H2,1-2H3. The summed E-state index contributed by atoms with van der Waals surface area (Å²) in [5, 5.41) is 4.31. The van der Waals surface area contributed by atoms with Gasteiger partial charge in [-0.05, 0) is 59.6 Å². The Morgan fingerprint density at radius 1 is 1.14 bits per heavy atom. The summed E-state index contributed by atoms with van der Waals surface area (Å²) in [5.74, 6) is 0.865. The average molecular weight is 389 g/mol. The SMILES string of the molecule is CC(C)Oc1cccc(CNc2ccc(Br)c(Cl)c2Cl)c1. The van der Waals surface area contributed by atoms with Gasteiger partial charge in [0.25, 0.3) is 0 Å². The molecule has 0 aliphatic carbocycles. The largest absolute Gasteiger partial charge is 0.491 e. The van der Waals surface area contributed by atoms with E-state index < -0.39 is 0 Å². The van der Waals surface area contributed by atoms with Crippen LogP contribution in [0.3, 0.4) is 0 Å². The number of rotatable bonds is 5. The molecular formula is C16H16BrCl2NO. The molecule has 0 fully saturated rings. The molecule has 2 aromatic carbocycles. The Morgan fingerprint density at radius 2 is 1.90 bits per heavy atom. The molecule has 0 amide bonds. The first-order valence-electron chi connectivity index (χ1n) is 6.60. The first-order valence-corrected chi connectivity index (χ1v) is 8.15. The minimum absolute atomic E-state index is 0.160. The van der Waals surface area contributed by atoms with Gasteiger partial charge in [0.1, 0.15) is 5.75 Å². The van der Waals surface area contributed by atoms with E-state index >= 15 is 0 Å². The molecule has 5 heteroatoms. The molecule has 0 spiro atoms. The first kappa shape index (κ1) is 16.5. The molecule has 2 aromatic rings. The van der Waals surface area contributed by atoms with E-state index in [0.29, 0.717) is 16.6 Å². The van der Waals surface area contributed by atoms with Gasteiger partial charge in [-0.3, -0.25) is 0 Å². The van der Waals surface area contributed by atoms with Crippen molar-refractivity contribution in [3.05, 3.63) is 56.5 Å². The lowest BCUT2D eigenvalue weighted by atomic mass is 10.2. The Kier molecular flexibility index (Phi) is 5.80. The maximum absolute atomic E-state index is 6.22. The lowest BCUT2D eigenvalue weighted by Gasteiger charge is -2.13. The monoisotopic (exact) mass is 387 g/mol. The zero-order chi connectivity index (χ0) is 15.4. The summed E-state index contributed by atoms with van der Waals surface area (Å²) in [6.07, 6.45) is 0.160. The highest BCUT2D eigenvalue weighted by Crippen LogP contribution is 2.36. The Labute approximate surface area is 143 Å². The van der Waals surface area contributed by atoms with Crippen LogP contribution in [0.4, 0.5) is 5.69 Å². The summed E-state index contributed by atoms with van der Waals surface area (Å²) < 4.78 is 6.47. The van der Waals surface area contributed by atoms with Gasteiger partial charge >= 0.3 is 0 Å². The minimum Gasteiger partial charge on any atom is -0.491 e. The van der Waals surface area contributed by atoms with Crippen LogP contribution in [0.25, 0.3) is 0 Å². The molecule has 112 valence electrons. The second-order valence-electron chi connectivity index (χ2n) is 4.89. The van der Waals surface area contributed by atoms with Gasteiger partial charge in [0, 0.05) is 11.0 Å². The minimum atomic E-state index is 0.160. The maximum atomic E-state index is 6.22. The predicted molar refractivity (Wildman–Crippen MR) is 93.7 cm³/mol. The molecular weight excluding hydrogens is 373 g/mol. The summed E-state index contributed by atoms with van der Waals surface area (Å²) in [4.78, 5) is 0. The van der Waals surface area contributed by atoms with Crippen LogP contribution in [0.15, 0.2) is 40.9 Å². The fourth-order valence-electron chi connectivity index (χ4n) is 1.86. The number of halogens is 3. The van der Waals surface area contributed by atoms with Crippen LogP contribution in [0.5, 0.6) is 5.75 Å². The van der Waals surface area contributed by atoms with Crippen molar-refractivity contribution in [2.45, 2.75) is 26.5 Å². The number of anilines is 1. The predicted octanol–water partition coefficient (Wildman–Crippen LogP) is 6.16. The Morgan fingerprint density at radius 3 is 2.62 bits per heavy atom. The van der Waals surface area contributed by atoms with Gasteiger partial charge in [0.2, 0.25) is 0 Å². The van der Waals surface area contributed by atoms with Gasteiger partial charge in [0.15, 0.2) is 0 Å². The van der Waals surface area contributed by atoms with Crippen molar-refractivity contribution in [2.75, 3.05) is 5.32 Å². The lowest BCUT2D eigenvalue weighted by molar-refractivity contribution is 0.242. The highest BCUT2D eigenvalue weighted by Gasteiger charge is 2.08. The van der Waals surface area contributed by atoms with Crippen molar-refractivity contribution in [1.82, 2.24) is 0 Å². The molecule has 0 aliphatic rings.